The summed E-state index contributed by atoms with van der Waals surface area (Å²) in [5.74, 6) is 0.758. The molecular weight excluding hydrogens is 257 g/mol. The number of halogens is 1. The Kier molecular flexibility index (Phi) is 4.56. The second-order valence-corrected chi connectivity index (χ2v) is 4.12. The number of hydrogen-bond acceptors (Lipinski definition) is 3. The lowest BCUT2D eigenvalue weighted by Gasteiger charge is -2.12. The van der Waals surface area contributed by atoms with Crippen molar-refractivity contribution in [1.82, 2.24) is 0 Å². The van der Waals surface area contributed by atoms with Crippen molar-refractivity contribution in [2.45, 2.75) is 13.5 Å². The minimum absolute atomic E-state index is 0.240. The summed E-state index contributed by atoms with van der Waals surface area (Å²) in [6, 6.07) is 13.2. The number of nitrogens with zero attached hydrogens (tertiary/aromatic N) is 1. The van der Waals surface area contributed by atoms with E-state index in [9.17, 15) is 4.39 Å². The van der Waals surface area contributed by atoms with Crippen molar-refractivity contribution in [2.75, 3.05) is 6.61 Å². The largest absolute Gasteiger partial charge is 0.490 e. The molecule has 0 atom stereocenters. The van der Waals surface area contributed by atoms with Crippen LogP contribution in [0.2, 0.25) is 0 Å². The van der Waals surface area contributed by atoms with Gasteiger partial charge in [-0.15, -0.1) is 0 Å². The van der Waals surface area contributed by atoms with Gasteiger partial charge in [0.25, 0.3) is 0 Å². The van der Waals surface area contributed by atoms with Crippen molar-refractivity contribution >= 4 is 0 Å². The summed E-state index contributed by atoms with van der Waals surface area (Å²) in [5.41, 5.74) is 1.24. The van der Waals surface area contributed by atoms with Crippen molar-refractivity contribution in [3.8, 4) is 17.6 Å². The third kappa shape index (κ3) is 3.48. The van der Waals surface area contributed by atoms with Gasteiger partial charge in [0.2, 0.25) is 0 Å². The molecule has 0 saturated carbocycles. The van der Waals surface area contributed by atoms with Crippen LogP contribution in [0.5, 0.6) is 11.5 Å². The van der Waals surface area contributed by atoms with Crippen molar-refractivity contribution in [1.29, 1.82) is 5.26 Å². The summed E-state index contributed by atoms with van der Waals surface area (Å²) in [6.45, 7) is 2.57. The van der Waals surface area contributed by atoms with Gasteiger partial charge < -0.3 is 9.47 Å². The van der Waals surface area contributed by atoms with Crippen LogP contribution < -0.4 is 9.47 Å². The molecule has 2 aromatic carbocycles. The molecule has 0 amide bonds. The van der Waals surface area contributed by atoms with Crippen molar-refractivity contribution < 1.29 is 13.9 Å². The van der Waals surface area contributed by atoms with Crippen molar-refractivity contribution in [3.63, 3.8) is 0 Å². The first-order valence-corrected chi connectivity index (χ1v) is 6.27. The van der Waals surface area contributed by atoms with Crippen molar-refractivity contribution in [3.05, 3.63) is 59.4 Å². The first kappa shape index (κ1) is 13.9. The third-order valence-corrected chi connectivity index (χ3v) is 2.66. The molecule has 0 N–H and O–H groups in total. The summed E-state index contributed by atoms with van der Waals surface area (Å²) >= 11 is 0. The first-order valence-electron chi connectivity index (χ1n) is 6.27. The molecule has 4 heteroatoms. The fourth-order valence-corrected chi connectivity index (χ4v) is 1.75. The van der Waals surface area contributed by atoms with Crippen LogP contribution in [0, 0.1) is 17.1 Å². The Bertz CT molecular complexity index is 635. The SMILES string of the molecule is CCOc1cc(C#N)ccc1OCc1cccc(F)c1. The van der Waals surface area contributed by atoms with Crippen LogP contribution >= 0.6 is 0 Å². The van der Waals surface area contributed by atoms with Gasteiger partial charge in [-0.1, -0.05) is 12.1 Å². The van der Waals surface area contributed by atoms with Gasteiger partial charge in [0, 0.05) is 6.07 Å². The highest BCUT2D eigenvalue weighted by Gasteiger charge is 2.07. The Morgan fingerprint density at radius 2 is 1.95 bits per heavy atom. The van der Waals surface area contributed by atoms with Crippen LogP contribution in [0.4, 0.5) is 4.39 Å². The molecule has 102 valence electrons. The fourth-order valence-electron chi connectivity index (χ4n) is 1.75. The normalized spacial score (nSPS) is 9.85. The third-order valence-electron chi connectivity index (χ3n) is 2.66. The van der Waals surface area contributed by atoms with Crippen LogP contribution in [0.15, 0.2) is 42.5 Å². The van der Waals surface area contributed by atoms with E-state index in [0.29, 0.717) is 23.7 Å². The highest BCUT2D eigenvalue weighted by atomic mass is 19.1. The maximum atomic E-state index is 13.1. The highest BCUT2D eigenvalue weighted by Crippen LogP contribution is 2.29. The highest BCUT2D eigenvalue weighted by molar-refractivity contribution is 5.46. The van der Waals surface area contributed by atoms with Crippen LogP contribution in [0.3, 0.4) is 0 Å². The lowest BCUT2D eigenvalue weighted by molar-refractivity contribution is 0.269. The second kappa shape index (κ2) is 6.58. The van der Waals surface area contributed by atoms with E-state index in [4.69, 9.17) is 14.7 Å². The minimum Gasteiger partial charge on any atom is -0.490 e. The molecule has 0 unspecified atom stereocenters. The number of hydrogen-bond donors (Lipinski definition) is 0. The minimum atomic E-state index is -0.295. The first-order chi connectivity index (χ1) is 9.72. The quantitative estimate of drug-likeness (QED) is 0.833. The predicted molar refractivity (Wildman–Crippen MR) is 73.1 cm³/mol. The zero-order valence-electron chi connectivity index (χ0n) is 11.1. The zero-order valence-corrected chi connectivity index (χ0v) is 11.1. The molecule has 0 aliphatic carbocycles. The molecule has 0 fully saturated rings. The van der Waals surface area contributed by atoms with Crippen molar-refractivity contribution in [2.24, 2.45) is 0 Å². The van der Waals surface area contributed by atoms with E-state index in [0.717, 1.165) is 5.56 Å². The number of nitriles is 1. The van der Waals surface area contributed by atoms with Crippen LogP contribution in [0.25, 0.3) is 0 Å². The van der Waals surface area contributed by atoms with Crippen LogP contribution in [-0.2, 0) is 6.61 Å². The van der Waals surface area contributed by atoms with Gasteiger partial charge >= 0.3 is 0 Å². The van der Waals surface area contributed by atoms with Gasteiger partial charge in [0.05, 0.1) is 18.2 Å². The summed E-state index contributed by atoms with van der Waals surface area (Å²) < 4.78 is 24.1. The average Bonchev–Trinajstić information content (AvgIpc) is 2.46. The lowest BCUT2D eigenvalue weighted by atomic mass is 10.2. The molecule has 2 rings (SSSR count). The van der Waals surface area contributed by atoms with E-state index >= 15 is 0 Å². The standard InChI is InChI=1S/C16H14FNO2/c1-2-19-16-9-12(10-18)6-7-15(16)20-11-13-4-3-5-14(17)8-13/h3-9H,2,11H2,1H3. The van der Waals surface area contributed by atoms with Gasteiger partial charge in [0.15, 0.2) is 11.5 Å². The molecule has 0 saturated heterocycles. The lowest BCUT2D eigenvalue weighted by Crippen LogP contribution is -2.00. The maximum absolute atomic E-state index is 13.1. The van der Waals surface area contributed by atoms with Crippen LogP contribution in [0.1, 0.15) is 18.1 Å². The maximum Gasteiger partial charge on any atom is 0.162 e. The molecule has 0 heterocycles. The van der Waals surface area contributed by atoms with Crippen LogP contribution in [-0.4, -0.2) is 6.61 Å². The molecule has 0 radical (unpaired) electrons. The van der Waals surface area contributed by atoms with Gasteiger partial charge in [-0.25, -0.2) is 4.39 Å². The molecule has 20 heavy (non-hydrogen) atoms. The van der Waals surface area contributed by atoms with Gasteiger partial charge in [0.1, 0.15) is 12.4 Å². The smallest absolute Gasteiger partial charge is 0.162 e. The summed E-state index contributed by atoms with van der Waals surface area (Å²) in [5, 5.41) is 8.87. The molecular formula is C16H14FNO2. The Hall–Kier alpha value is -2.54. The van der Waals surface area contributed by atoms with Gasteiger partial charge in [-0.2, -0.15) is 5.26 Å². The van der Waals surface area contributed by atoms with E-state index in [2.05, 4.69) is 0 Å². The molecule has 0 aliphatic heterocycles. The summed E-state index contributed by atoms with van der Waals surface area (Å²) in [4.78, 5) is 0. The Labute approximate surface area is 117 Å². The topological polar surface area (TPSA) is 42.2 Å². The molecule has 3 nitrogen and oxygen atoms in total. The molecule has 0 aliphatic rings. The molecule has 2 aromatic rings. The van der Waals surface area contributed by atoms with Gasteiger partial charge in [-0.3, -0.25) is 0 Å². The summed E-state index contributed by atoms with van der Waals surface area (Å²) in [7, 11) is 0. The molecule has 0 spiro atoms. The number of ether oxygens (including phenoxy) is 2. The Morgan fingerprint density at radius 3 is 2.65 bits per heavy atom. The monoisotopic (exact) mass is 271 g/mol. The second-order valence-electron chi connectivity index (χ2n) is 4.12. The van der Waals surface area contributed by atoms with E-state index in [-0.39, 0.29) is 12.4 Å². The zero-order chi connectivity index (χ0) is 14.4. The predicted octanol–water partition coefficient (Wildman–Crippen LogP) is 3.68. The Balaban J connectivity index is 2.14. The molecule has 0 bridgehead atoms. The van der Waals surface area contributed by atoms with E-state index in [1.165, 1.54) is 12.1 Å². The van der Waals surface area contributed by atoms with E-state index in [1.54, 1.807) is 30.3 Å². The fraction of sp³-hybridized carbons (Fsp3) is 0.188. The number of benzene rings is 2. The van der Waals surface area contributed by atoms with E-state index < -0.39 is 0 Å². The van der Waals surface area contributed by atoms with E-state index in [1.807, 2.05) is 13.0 Å². The summed E-state index contributed by atoms with van der Waals surface area (Å²) in [6.07, 6.45) is 0. The number of rotatable bonds is 5. The Morgan fingerprint density at radius 1 is 1.10 bits per heavy atom. The molecule has 0 aromatic heterocycles. The average molecular weight is 271 g/mol. The van der Waals surface area contributed by atoms with Gasteiger partial charge in [-0.05, 0) is 36.8 Å².